The molecule has 0 radical (unpaired) electrons. The number of ether oxygens (including phenoxy) is 1. The number of rotatable bonds is 2. The third-order valence-electron chi connectivity index (χ3n) is 2.35. The molecule has 0 atom stereocenters. The number of aromatic nitrogens is 2. The zero-order valence-corrected chi connectivity index (χ0v) is 9.04. The second-order valence-corrected chi connectivity index (χ2v) is 3.52. The molecule has 4 nitrogen and oxygen atoms in total. The molecule has 0 saturated carbocycles. The van der Waals surface area contributed by atoms with Crippen LogP contribution in [0.25, 0.3) is 11.3 Å². The molecule has 0 aliphatic heterocycles. The fraction of sp³-hybridized carbons (Fsp3) is 0.182. The van der Waals surface area contributed by atoms with Gasteiger partial charge in [-0.2, -0.15) is 5.10 Å². The van der Waals surface area contributed by atoms with Crippen LogP contribution >= 0.6 is 0 Å². The number of aromatic amines is 1. The quantitative estimate of drug-likeness (QED) is 0.816. The summed E-state index contributed by atoms with van der Waals surface area (Å²) in [4.78, 5) is 0. The lowest BCUT2D eigenvalue weighted by Gasteiger charge is -2.07. The fourth-order valence-corrected chi connectivity index (χ4v) is 1.53. The fourth-order valence-electron chi connectivity index (χ4n) is 1.53. The van der Waals surface area contributed by atoms with Crippen LogP contribution in [0.4, 0.5) is 10.2 Å². The van der Waals surface area contributed by atoms with Gasteiger partial charge in [0.25, 0.3) is 0 Å². The molecule has 0 aliphatic carbocycles. The van der Waals surface area contributed by atoms with Gasteiger partial charge in [-0.15, -0.1) is 0 Å². The van der Waals surface area contributed by atoms with Crippen molar-refractivity contribution in [3.05, 3.63) is 29.6 Å². The number of anilines is 1. The van der Waals surface area contributed by atoms with E-state index in [9.17, 15) is 4.39 Å². The van der Waals surface area contributed by atoms with Crippen molar-refractivity contribution in [1.82, 2.24) is 10.2 Å². The first-order valence-corrected chi connectivity index (χ1v) is 4.77. The van der Waals surface area contributed by atoms with E-state index in [-0.39, 0.29) is 11.6 Å². The van der Waals surface area contributed by atoms with E-state index in [1.54, 1.807) is 25.1 Å². The lowest BCUT2D eigenvalue weighted by Crippen LogP contribution is -1.92. The van der Waals surface area contributed by atoms with E-state index in [0.717, 1.165) is 11.3 Å². The van der Waals surface area contributed by atoms with Gasteiger partial charge in [0.2, 0.25) is 0 Å². The Hall–Kier alpha value is -2.04. The largest absolute Gasteiger partial charge is 0.494 e. The van der Waals surface area contributed by atoms with Crippen LogP contribution in [0.15, 0.2) is 18.2 Å². The van der Waals surface area contributed by atoms with Crippen molar-refractivity contribution in [3.8, 4) is 17.0 Å². The van der Waals surface area contributed by atoms with Crippen molar-refractivity contribution in [2.24, 2.45) is 0 Å². The molecule has 1 heterocycles. The predicted octanol–water partition coefficient (Wildman–Crippen LogP) is 2.12. The van der Waals surface area contributed by atoms with E-state index >= 15 is 0 Å². The number of methoxy groups -OCH3 is 1. The maximum Gasteiger partial charge on any atom is 0.167 e. The Morgan fingerprint density at radius 3 is 2.69 bits per heavy atom. The molecule has 0 unspecified atom stereocenters. The van der Waals surface area contributed by atoms with Gasteiger partial charge in [-0.25, -0.2) is 4.39 Å². The highest BCUT2D eigenvalue weighted by Crippen LogP contribution is 2.28. The van der Waals surface area contributed by atoms with E-state index in [4.69, 9.17) is 10.5 Å². The van der Waals surface area contributed by atoms with Gasteiger partial charge in [0.05, 0.1) is 12.8 Å². The third-order valence-corrected chi connectivity index (χ3v) is 2.35. The first kappa shape index (κ1) is 10.5. The smallest absolute Gasteiger partial charge is 0.167 e. The van der Waals surface area contributed by atoms with Crippen LogP contribution in [0, 0.1) is 12.7 Å². The van der Waals surface area contributed by atoms with E-state index in [1.807, 2.05) is 0 Å². The molecule has 3 N–H and O–H groups in total. The molecule has 0 amide bonds. The lowest BCUT2D eigenvalue weighted by molar-refractivity contribution is 0.385. The Morgan fingerprint density at radius 1 is 1.38 bits per heavy atom. The van der Waals surface area contributed by atoms with E-state index in [2.05, 4.69) is 10.2 Å². The average Bonchev–Trinajstić information content (AvgIpc) is 2.69. The van der Waals surface area contributed by atoms with Gasteiger partial charge >= 0.3 is 0 Å². The molecule has 2 aromatic rings. The summed E-state index contributed by atoms with van der Waals surface area (Å²) in [5.74, 6) is 0.262. The van der Waals surface area contributed by atoms with Gasteiger partial charge in [0.1, 0.15) is 5.82 Å². The molecule has 0 aliphatic rings. The number of nitrogen functional groups attached to an aromatic ring is 1. The predicted molar refractivity (Wildman–Crippen MR) is 59.7 cm³/mol. The number of H-pyrrole nitrogens is 1. The summed E-state index contributed by atoms with van der Waals surface area (Å²) in [6, 6.07) is 5.01. The lowest BCUT2D eigenvalue weighted by atomic mass is 10.1. The zero-order valence-electron chi connectivity index (χ0n) is 9.04. The Morgan fingerprint density at radius 2 is 2.12 bits per heavy atom. The van der Waals surface area contributed by atoms with E-state index < -0.39 is 0 Å². The number of benzene rings is 1. The van der Waals surface area contributed by atoms with E-state index in [1.165, 1.54) is 7.11 Å². The Balaban J connectivity index is 2.54. The average molecular weight is 221 g/mol. The normalized spacial score (nSPS) is 10.4. The van der Waals surface area contributed by atoms with Gasteiger partial charge in [-0.3, -0.25) is 5.10 Å². The number of hydrogen-bond donors (Lipinski definition) is 2. The molecule has 1 aromatic carbocycles. The maximum absolute atomic E-state index is 13.5. The van der Waals surface area contributed by atoms with Gasteiger partial charge in [0, 0.05) is 11.6 Å². The molecular formula is C11H12FN3O. The number of aryl methyl sites for hydroxylation is 1. The van der Waals surface area contributed by atoms with Crippen LogP contribution < -0.4 is 10.5 Å². The number of hydrogen-bond acceptors (Lipinski definition) is 3. The molecular weight excluding hydrogens is 209 g/mol. The van der Waals surface area contributed by atoms with Crippen LogP contribution in [0.5, 0.6) is 5.75 Å². The minimum Gasteiger partial charge on any atom is -0.494 e. The molecule has 5 heteroatoms. The second-order valence-electron chi connectivity index (χ2n) is 3.52. The number of nitrogens with two attached hydrogens (primary N) is 1. The van der Waals surface area contributed by atoms with Crippen molar-refractivity contribution in [3.63, 3.8) is 0 Å². The molecule has 84 valence electrons. The van der Waals surface area contributed by atoms with Gasteiger partial charge in [-0.1, -0.05) is 0 Å². The molecule has 0 spiro atoms. The molecule has 16 heavy (non-hydrogen) atoms. The highest BCUT2D eigenvalue weighted by molar-refractivity contribution is 5.65. The van der Waals surface area contributed by atoms with Crippen LogP contribution in [0.2, 0.25) is 0 Å². The van der Waals surface area contributed by atoms with Gasteiger partial charge < -0.3 is 10.5 Å². The third kappa shape index (κ3) is 1.71. The highest BCUT2D eigenvalue weighted by Gasteiger charge is 2.10. The monoisotopic (exact) mass is 221 g/mol. The van der Waals surface area contributed by atoms with Crippen molar-refractivity contribution in [2.45, 2.75) is 6.92 Å². The number of nitrogens with one attached hydrogen (secondary N) is 1. The van der Waals surface area contributed by atoms with Crippen LogP contribution in [0.1, 0.15) is 5.56 Å². The van der Waals surface area contributed by atoms with E-state index in [0.29, 0.717) is 11.4 Å². The number of halogens is 1. The highest BCUT2D eigenvalue weighted by atomic mass is 19.1. The first-order valence-electron chi connectivity index (χ1n) is 4.77. The summed E-state index contributed by atoms with van der Waals surface area (Å²) in [7, 11) is 1.43. The summed E-state index contributed by atoms with van der Waals surface area (Å²) in [5, 5.41) is 6.59. The van der Waals surface area contributed by atoms with Crippen molar-refractivity contribution in [2.75, 3.05) is 12.8 Å². The summed E-state index contributed by atoms with van der Waals surface area (Å²) in [6.07, 6.45) is 0. The maximum atomic E-state index is 13.5. The molecule has 2 rings (SSSR count). The minimum absolute atomic E-state index is 0.211. The molecule has 0 fully saturated rings. The Bertz CT molecular complexity index is 522. The molecule has 1 aromatic heterocycles. The summed E-state index contributed by atoms with van der Waals surface area (Å²) >= 11 is 0. The summed E-state index contributed by atoms with van der Waals surface area (Å²) in [5.41, 5.74) is 7.55. The van der Waals surface area contributed by atoms with Crippen LogP contribution in [-0.4, -0.2) is 17.3 Å². The summed E-state index contributed by atoms with van der Waals surface area (Å²) < 4.78 is 18.5. The Labute approximate surface area is 92.2 Å². The second kappa shape index (κ2) is 3.84. The molecule has 0 saturated heterocycles. The van der Waals surface area contributed by atoms with Gasteiger partial charge in [0.15, 0.2) is 11.6 Å². The zero-order chi connectivity index (χ0) is 11.7. The minimum atomic E-state index is -0.348. The van der Waals surface area contributed by atoms with Crippen molar-refractivity contribution < 1.29 is 9.13 Å². The Kier molecular flexibility index (Phi) is 2.52. The van der Waals surface area contributed by atoms with Crippen molar-refractivity contribution in [1.29, 1.82) is 0 Å². The number of nitrogens with zero attached hydrogens (tertiary/aromatic N) is 1. The van der Waals surface area contributed by atoms with Crippen LogP contribution in [-0.2, 0) is 0 Å². The SMILES string of the molecule is COc1cc(-c2cc(N)n[nH]2)cc(C)c1F. The van der Waals surface area contributed by atoms with Gasteiger partial charge in [-0.05, 0) is 24.6 Å². The summed E-state index contributed by atoms with van der Waals surface area (Å²) in [6.45, 7) is 1.68. The standard InChI is InChI=1S/C11H12FN3O/c1-6-3-7(4-9(16-2)11(6)12)8-5-10(13)15-14-8/h3-5H,1-2H3,(H3,13,14,15). The topological polar surface area (TPSA) is 63.9 Å². The molecule has 0 bridgehead atoms. The first-order chi connectivity index (χ1) is 7.61. The van der Waals surface area contributed by atoms with Crippen LogP contribution in [0.3, 0.4) is 0 Å². The van der Waals surface area contributed by atoms with Crippen molar-refractivity contribution >= 4 is 5.82 Å².